The van der Waals surface area contributed by atoms with Crippen LogP contribution in [0.5, 0.6) is 0 Å². The zero-order chi connectivity index (χ0) is 14.5. The van der Waals surface area contributed by atoms with Crippen molar-refractivity contribution in [2.45, 2.75) is 20.3 Å². The van der Waals surface area contributed by atoms with Crippen molar-refractivity contribution in [3.8, 4) is 0 Å². The van der Waals surface area contributed by atoms with Crippen molar-refractivity contribution in [1.82, 2.24) is 0 Å². The van der Waals surface area contributed by atoms with Gasteiger partial charge in [0.15, 0.2) is 0 Å². The monoisotopic (exact) mass is 270 g/mol. The van der Waals surface area contributed by atoms with E-state index in [-0.39, 0.29) is 11.8 Å². The molecular formula is C17H22N2O. The Morgan fingerprint density at radius 3 is 2.50 bits per heavy atom. The highest BCUT2D eigenvalue weighted by Crippen LogP contribution is 2.27. The summed E-state index contributed by atoms with van der Waals surface area (Å²) >= 11 is 0. The minimum absolute atomic E-state index is 0.103. The number of amides is 1. The number of benzene rings is 2. The summed E-state index contributed by atoms with van der Waals surface area (Å²) in [5.41, 5.74) is 6.69. The Bertz CT molecular complexity index is 585. The highest BCUT2D eigenvalue weighted by Gasteiger charge is 2.22. The van der Waals surface area contributed by atoms with Crippen molar-refractivity contribution < 1.29 is 4.79 Å². The predicted molar refractivity (Wildman–Crippen MR) is 84.8 cm³/mol. The summed E-state index contributed by atoms with van der Waals surface area (Å²) in [6.45, 7) is 5.06. The lowest BCUT2D eigenvalue weighted by atomic mass is 10.0. The van der Waals surface area contributed by atoms with Crippen LogP contribution in [0.3, 0.4) is 0 Å². The number of hydrogen-bond acceptors (Lipinski definition) is 2. The third kappa shape index (κ3) is 2.68. The molecule has 0 aliphatic heterocycles. The fourth-order valence-electron chi connectivity index (χ4n) is 2.55. The maximum atomic E-state index is 12.6. The van der Waals surface area contributed by atoms with Crippen molar-refractivity contribution >= 4 is 22.4 Å². The minimum atomic E-state index is -0.103. The van der Waals surface area contributed by atoms with Gasteiger partial charge in [-0.05, 0) is 24.8 Å². The lowest BCUT2D eigenvalue weighted by molar-refractivity contribution is -0.122. The van der Waals surface area contributed by atoms with E-state index < -0.39 is 0 Å². The van der Waals surface area contributed by atoms with Crippen LogP contribution in [0.1, 0.15) is 20.3 Å². The summed E-state index contributed by atoms with van der Waals surface area (Å²) in [5, 5.41) is 2.26. The molecule has 3 nitrogen and oxygen atoms in total. The molecule has 0 spiro atoms. The Balaban J connectivity index is 2.47. The minimum Gasteiger partial charge on any atom is -0.330 e. The molecule has 1 unspecified atom stereocenters. The van der Waals surface area contributed by atoms with E-state index in [0.717, 1.165) is 22.9 Å². The maximum Gasteiger partial charge on any atom is 0.231 e. The molecule has 3 heteroatoms. The van der Waals surface area contributed by atoms with Crippen molar-refractivity contribution in [3.05, 3.63) is 42.5 Å². The van der Waals surface area contributed by atoms with E-state index in [2.05, 4.69) is 18.2 Å². The third-order valence-corrected chi connectivity index (χ3v) is 3.77. The molecule has 0 radical (unpaired) electrons. The molecule has 0 aliphatic carbocycles. The van der Waals surface area contributed by atoms with Gasteiger partial charge in [-0.15, -0.1) is 0 Å². The SMILES string of the molecule is CCC(CN)C(=O)N(CC)c1cccc2ccccc12. The highest BCUT2D eigenvalue weighted by atomic mass is 16.2. The average molecular weight is 270 g/mol. The van der Waals surface area contributed by atoms with E-state index >= 15 is 0 Å². The zero-order valence-corrected chi connectivity index (χ0v) is 12.2. The Hall–Kier alpha value is -1.87. The maximum absolute atomic E-state index is 12.6. The van der Waals surface area contributed by atoms with Gasteiger partial charge in [0.25, 0.3) is 0 Å². The first-order chi connectivity index (χ1) is 9.72. The summed E-state index contributed by atoms with van der Waals surface area (Å²) in [6.07, 6.45) is 0.774. The van der Waals surface area contributed by atoms with Crippen molar-refractivity contribution in [2.24, 2.45) is 11.7 Å². The highest BCUT2D eigenvalue weighted by molar-refractivity contribution is 6.04. The van der Waals surface area contributed by atoms with Gasteiger partial charge >= 0.3 is 0 Å². The molecule has 20 heavy (non-hydrogen) atoms. The van der Waals surface area contributed by atoms with Crippen LogP contribution in [0, 0.1) is 5.92 Å². The molecule has 0 heterocycles. The van der Waals surface area contributed by atoms with Crippen LogP contribution in [0.2, 0.25) is 0 Å². The smallest absolute Gasteiger partial charge is 0.231 e. The van der Waals surface area contributed by atoms with Gasteiger partial charge in [-0.2, -0.15) is 0 Å². The van der Waals surface area contributed by atoms with Gasteiger partial charge in [0.1, 0.15) is 0 Å². The first-order valence-electron chi connectivity index (χ1n) is 7.22. The Labute approximate surface area is 120 Å². The molecule has 1 atom stereocenters. The number of anilines is 1. The lowest BCUT2D eigenvalue weighted by Crippen LogP contribution is -2.39. The van der Waals surface area contributed by atoms with Crippen LogP contribution in [0.15, 0.2) is 42.5 Å². The molecule has 2 N–H and O–H groups in total. The number of carbonyl (C=O) groups is 1. The second kappa shape index (κ2) is 6.53. The number of nitrogens with two attached hydrogens (primary N) is 1. The van der Waals surface area contributed by atoms with Gasteiger partial charge in [-0.1, -0.05) is 43.3 Å². The summed E-state index contributed by atoms with van der Waals surface area (Å²) in [4.78, 5) is 14.5. The van der Waals surface area contributed by atoms with E-state index in [1.165, 1.54) is 0 Å². The predicted octanol–water partition coefficient (Wildman–Crippen LogP) is 3.18. The normalized spacial score (nSPS) is 12.3. The molecule has 0 aliphatic rings. The topological polar surface area (TPSA) is 46.3 Å². The summed E-state index contributed by atoms with van der Waals surface area (Å²) in [7, 11) is 0. The number of fused-ring (bicyclic) bond motifs is 1. The van der Waals surface area contributed by atoms with Crippen molar-refractivity contribution in [1.29, 1.82) is 0 Å². The molecule has 0 fully saturated rings. The number of carbonyl (C=O) groups excluding carboxylic acids is 1. The van der Waals surface area contributed by atoms with Crippen LogP contribution in [-0.2, 0) is 4.79 Å². The fraction of sp³-hybridized carbons (Fsp3) is 0.353. The first kappa shape index (κ1) is 14.5. The number of rotatable bonds is 5. The summed E-state index contributed by atoms with van der Waals surface area (Å²) in [6, 6.07) is 14.2. The van der Waals surface area contributed by atoms with Crippen LogP contribution in [-0.4, -0.2) is 19.0 Å². The lowest BCUT2D eigenvalue weighted by Gasteiger charge is -2.26. The van der Waals surface area contributed by atoms with E-state index in [9.17, 15) is 4.79 Å². The van der Waals surface area contributed by atoms with Crippen LogP contribution < -0.4 is 10.6 Å². The molecule has 0 aromatic heterocycles. The van der Waals surface area contributed by atoms with Gasteiger partial charge in [0, 0.05) is 18.5 Å². The standard InChI is InChI=1S/C17H22N2O/c1-3-13(12-18)17(20)19(4-2)16-11-7-9-14-8-5-6-10-15(14)16/h5-11,13H,3-4,12,18H2,1-2H3. The largest absolute Gasteiger partial charge is 0.330 e. The molecular weight excluding hydrogens is 248 g/mol. The molecule has 0 saturated heterocycles. The zero-order valence-electron chi connectivity index (χ0n) is 12.2. The quantitative estimate of drug-likeness (QED) is 0.907. The van der Waals surface area contributed by atoms with E-state index in [4.69, 9.17) is 5.73 Å². The molecule has 106 valence electrons. The van der Waals surface area contributed by atoms with Crippen LogP contribution in [0.25, 0.3) is 10.8 Å². The van der Waals surface area contributed by atoms with E-state index in [1.807, 2.05) is 43.0 Å². The van der Waals surface area contributed by atoms with Gasteiger partial charge in [0.05, 0.1) is 11.6 Å². The fourth-order valence-corrected chi connectivity index (χ4v) is 2.55. The Morgan fingerprint density at radius 1 is 1.15 bits per heavy atom. The summed E-state index contributed by atoms with van der Waals surface area (Å²) < 4.78 is 0. The Morgan fingerprint density at radius 2 is 1.85 bits per heavy atom. The molecule has 0 bridgehead atoms. The van der Waals surface area contributed by atoms with Crippen molar-refractivity contribution in [2.75, 3.05) is 18.0 Å². The van der Waals surface area contributed by atoms with Gasteiger partial charge in [-0.25, -0.2) is 0 Å². The average Bonchev–Trinajstić information content (AvgIpc) is 2.49. The number of nitrogens with zero attached hydrogens (tertiary/aromatic N) is 1. The number of hydrogen-bond donors (Lipinski definition) is 1. The van der Waals surface area contributed by atoms with E-state index in [1.54, 1.807) is 0 Å². The van der Waals surface area contributed by atoms with Crippen molar-refractivity contribution in [3.63, 3.8) is 0 Å². The van der Waals surface area contributed by atoms with E-state index in [0.29, 0.717) is 13.1 Å². The molecule has 2 aromatic rings. The van der Waals surface area contributed by atoms with Gasteiger partial charge in [-0.3, -0.25) is 4.79 Å². The van der Waals surface area contributed by atoms with Crippen LogP contribution >= 0.6 is 0 Å². The molecule has 2 aromatic carbocycles. The molecule has 2 rings (SSSR count). The van der Waals surface area contributed by atoms with Gasteiger partial charge < -0.3 is 10.6 Å². The van der Waals surface area contributed by atoms with Crippen LogP contribution in [0.4, 0.5) is 5.69 Å². The Kier molecular flexibility index (Phi) is 4.74. The molecule has 0 saturated carbocycles. The first-order valence-corrected chi connectivity index (χ1v) is 7.22. The second-order valence-corrected chi connectivity index (χ2v) is 4.92. The summed E-state index contributed by atoms with van der Waals surface area (Å²) in [5.74, 6) is 0.0165. The molecule has 1 amide bonds. The van der Waals surface area contributed by atoms with Gasteiger partial charge in [0.2, 0.25) is 5.91 Å². The second-order valence-electron chi connectivity index (χ2n) is 4.92. The third-order valence-electron chi connectivity index (χ3n) is 3.77.